The summed E-state index contributed by atoms with van der Waals surface area (Å²) >= 11 is 5.45. The summed E-state index contributed by atoms with van der Waals surface area (Å²) in [5, 5.41) is 7.10. The van der Waals surface area contributed by atoms with Crippen molar-refractivity contribution in [1.29, 1.82) is 0 Å². The summed E-state index contributed by atoms with van der Waals surface area (Å²) in [4.78, 5) is 1.65. The van der Waals surface area contributed by atoms with Crippen molar-refractivity contribution in [3.8, 4) is 0 Å². The minimum atomic E-state index is -0.214. The van der Waals surface area contributed by atoms with E-state index in [2.05, 4.69) is 10.6 Å². The molecule has 0 spiro atoms. The molecular weight excluding hydrogens is 337 g/mol. The smallest absolute Gasteiger partial charge is 0.171 e. The van der Waals surface area contributed by atoms with Crippen LogP contribution in [0.25, 0.3) is 0 Å². The number of thiocarbonyl (C=S) groups is 1. The van der Waals surface area contributed by atoms with Crippen molar-refractivity contribution in [3.05, 3.63) is 29.6 Å². The van der Waals surface area contributed by atoms with Gasteiger partial charge in [-0.05, 0) is 49.7 Å². The fourth-order valence-corrected chi connectivity index (χ4v) is 4.32. The summed E-state index contributed by atoms with van der Waals surface area (Å²) in [6.45, 7) is 6.47. The lowest BCUT2D eigenvalue weighted by Gasteiger charge is -2.45. The molecule has 1 saturated heterocycles. The molecular formula is C19H29FN3OS+. The number of aryl methyl sites for hydroxylation is 1. The summed E-state index contributed by atoms with van der Waals surface area (Å²) in [6, 6.07) is 5.11. The van der Waals surface area contributed by atoms with Gasteiger partial charge in [-0.1, -0.05) is 12.5 Å². The van der Waals surface area contributed by atoms with E-state index >= 15 is 0 Å². The van der Waals surface area contributed by atoms with Crippen molar-refractivity contribution >= 4 is 23.0 Å². The molecule has 3 N–H and O–H groups in total. The van der Waals surface area contributed by atoms with Crippen molar-refractivity contribution in [3.63, 3.8) is 0 Å². The third-order valence-corrected chi connectivity index (χ3v) is 5.92. The first kappa shape index (κ1) is 18.5. The molecule has 0 bridgehead atoms. The molecule has 3 rings (SSSR count). The number of hydrogen-bond donors (Lipinski definition) is 3. The third-order valence-electron chi connectivity index (χ3n) is 5.67. The van der Waals surface area contributed by atoms with Crippen LogP contribution in [0.15, 0.2) is 18.2 Å². The average molecular weight is 367 g/mol. The zero-order valence-corrected chi connectivity index (χ0v) is 15.8. The summed E-state index contributed by atoms with van der Waals surface area (Å²) in [7, 11) is 0. The maximum Gasteiger partial charge on any atom is 0.171 e. The molecule has 2 aliphatic rings. The Morgan fingerprint density at radius 2 is 1.96 bits per heavy atom. The Labute approximate surface area is 155 Å². The van der Waals surface area contributed by atoms with Gasteiger partial charge < -0.3 is 20.3 Å². The molecule has 0 radical (unpaired) electrons. The van der Waals surface area contributed by atoms with Gasteiger partial charge in [0.1, 0.15) is 24.4 Å². The van der Waals surface area contributed by atoms with Gasteiger partial charge in [-0.3, -0.25) is 0 Å². The molecule has 0 unspecified atom stereocenters. The summed E-state index contributed by atoms with van der Waals surface area (Å²) in [5.41, 5.74) is 1.57. The second-order valence-corrected chi connectivity index (χ2v) is 7.74. The van der Waals surface area contributed by atoms with Gasteiger partial charge in [0, 0.05) is 18.5 Å². The number of anilines is 1. The lowest BCUT2D eigenvalue weighted by Crippen LogP contribution is -3.23. The molecule has 1 saturated carbocycles. The largest absolute Gasteiger partial charge is 0.370 e. The molecule has 1 aromatic rings. The van der Waals surface area contributed by atoms with Crippen molar-refractivity contribution in [2.24, 2.45) is 0 Å². The molecule has 1 heterocycles. The predicted octanol–water partition coefficient (Wildman–Crippen LogP) is 2.04. The Balaban J connectivity index is 1.60. The second-order valence-electron chi connectivity index (χ2n) is 7.33. The predicted molar refractivity (Wildman–Crippen MR) is 103 cm³/mol. The number of halogens is 1. The summed E-state index contributed by atoms with van der Waals surface area (Å²) in [5.74, 6) is -0.214. The molecule has 0 amide bonds. The first-order valence-electron chi connectivity index (χ1n) is 9.33. The standard InChI is InChI=1S/C19H28FN3OS/c1-15-5-6-16(13-17(15)20)22-18(25)21-14-19(7-3-2-4-8-19)23-9-11-24-12-10-23/h5-6,13H,2-4,7-12,14H2,1H3,(H2,21,22,25)/p+1. The molecule has 6 heteroatoms. The highest BCUT2D eigenvalue weighted by Crippen LogP contribution is 2.25. The molecule has 25 heavy (non-hydrogen) atoms. The van der Waals surface area contributed by atoms with Gasteiger partial charge in [-0.2, -0.15) is 0 Å². The topological polar surface area (TPSA) is 37.7 Å². The Morgan fingerprint density at radius 1 is 1.24 bits per heavy atom. The van der Waals surface area contributed by atoms with Gasteiger partial charge in [-0.15, -0.1) is 0 Å². The highest BCUT2D eigenvalue weighted by molar-refractivity contribution is 7.80. The van der Waals surface area contributed by atoms with Gasteiger partial charge in [0.15, 0.2) is 5.11 Å². The first-order valence-corrected chi connectivity index (χ1v) is 9.74. The van der Waals surface area contributed by atoms with Crippen LogP contribution in [0.3, 0.4) is 0 Å². The third kappa shape index (κ3) is 4.68. The molecule has 2 fully saturated rings. The molecule has 1 aromatic carbocycles. The van der Waals surface area contributed by atoms with E-state index in [0.717, 1.165) is 32.8 Å². The average Bonchev–Trinajstić information content (AvgIpc) is 2.65. The number of nitrogens with one attached hydrogen (secondary N) is 3. The van der Waals surface area contributed by atoms with Gasteiger partial charge in [-0.25, -0.2) is 4.39 Å². The second kappa shape index (κ2) is 8.43. The normalized spacial score (nSPS) is 20.9. The minimum Gasteiger partial charge on any atom is -0.370 e. The van der Waals surface area contributed by atoms with E-state index in [9.17, 15) is 4.39 Å². The van der Waals surface area contributed by atoms with Crippen LogP contribution < -0.4 is 15.5 Å². The van der Waals surface area contributed by atoms with Crippen LogP contribution in [0.2, 0.25) is 0 Å². The maximum atomic E-state index is 13.7. The highest BCUT2D eigenvalue weighted by atomic mass is 32.1. The van der Waals surface area contributed by atoms with Crippen LogP contribution in [-0.2, 0) is 4.74 Å². The number of hydrogen-bond acceptors (Lipinski definition) is 2. The number of ether oxygens (including phenoxy) is 1. The fraction of sp³-hybridized carbons (Fsp3) is 0.632. The van der Waals surface area contributed by atoms with Crippen molar-refractivity contribution in [1.82, 2.24) is 5.32 Å². The van der Waals surface area contributed by atoms with Crippen LogP contribution in [0.1, 0.15) is 37.7 Å². The SMILES string of the molecule is Cc1ccc(NC(=S)NCC2([NH+]3CCOCC3)CCCCC2)cc1F. The Bertz CT molecular complexity index is 598. The number of morpholine rings is 1. The minimum absolute atomic E-state index is 0.214. The number of quaternary nitrogens is 1. The van der Waals surface area contributed by atoms with E-state index in [4.69, 9.17) is 17.0 Å². The Morgan fingerprint density at radius 3 is 2.64 bits per heavy atom. The van der Waals surface area contributed by atoms with Gasteiger partial charge in [0.25, 0.3) is 0 Å². The number of rotatable bonds is 4. The number of benzene rings is 1. The molecule has 4 nitrogen and oxygen atoms in total. The lowest BCUT2D eigenvalue weighted by atomic mass is 9.80. The van der Waals surface area contributed by atoms with Crippen molar-refractivity contribution in [2.45, 2.75) is 44.6 Å². The zero-order chi connectivity index (χ0) is 17.7. The van der Waals surface area contributed by atoms with Gasteiger partial charge >= 0.3 is 0 Å². The Kier molecular flexibility index (Phi) is 6.25. The van der Waals surface area contributed by atoms with E-state index in [1.165, 1.54) is 38.2 Å². The first-order chi connectivity index (χ1) is 12.1. The molecule has 138 valence electrons. The highest BCUT2D eigenvalue weighted by Gasteiger charge is 2.42. The molecule has 0 atom stereocenters. The zero-order valence-electron chi connectivity index (χ0n) is 15.0. The van der Waals surface area contributed by atoms with E-state index in [1.807, 2.05) is 6.07 Å². The van der Waals surface area contributed by atoms with Crippen molar-refractivity contribution < 1.29 is 14.0 Å². The van der Waals surface area contributed by atoms with Crippen LogP contribution in [-0.4, -0.2) is 43.5 Å². The molecule has 1 aliphatic heterocycles. The van der Waals surface area contributed by atoms with Crippen LogP contribution in [0, 0.1) is 12.7 Å². The lowest BCUT2D eigenvalue weighted by molar-refractivity contribution is -0.960. The van der Waals surface area contributed by atoms with Gasteiger partial charge in [0.2, 0.25) is 0 Å². The molecule has 0 aromatic heterocycles. The van der Waals surface area contributed by atoms with Crippen LogP contribution in [0.4, 0.5) is 10.1 Å². The molecule has 1 aliphatic carbocycles. The van der Waals surface area contributed by atoms with E-state index in [0.29, 0.717) is 16.4 Å². The quantitative estimate of drug-likeness (QED) is 0.713. The van der Waals surface area contributed by atoms with E-state index in [-0.39, 0.29) is 11.4 Å². The monoisotopic (exact) mass is 366 g/mol. The van der Waals surface area contributed by atoms with E-state index in [1.54, 1.807) is 17.9 Å². The Hall–Kier alpha value is -1.24. The van der Waals surface area contributed by atoms with Crippen LogP contribution >= 0.6 is 12.2 Å². The summed E-state index contributed by atoms with van der Waals surface area (Å²) < 4.78 is 19.2. The maximum absolute atomic E-state index is 13.7. The van der Waals surface area contributed by atoms with Crippen molar-refractivity contribution in [2.75, 3.05) is 38.2 Å². The van der Waals surface area contributed by atoms with E-state index < -0.39 is 0 Å². The van der Waals surface area contributed by atoms with Gasteiger partial charge in [0.05, 0.1) is 19.8 Å². The summed E-state index contributed by atoms with van der Waals surface area (Å²) in [6.07, 6.45) is 6.37. The fourth-order valence-electron chi connectivity index (χ4n) is 4.13. The van der Waals surface area contributed by atoms with Crippen LogP contribution in [0.5, 0.6) is 0 Å².